The van der Waals surface area contributed by atoms with Crippen LogP contribution in [0.3, 0.4) is 0 Å². The van der Waals surface area contributed by atoms with Crippen molar-refractivity contribution in [1.29, 1.82) is 0 Å². The SMILES string of the molecule is COc1[nH]c(/C=C/c2ccncc2)c(C(=O)O)c(=O)c1CC=C(C)C. The molecule has 6 nitrogen and oxygen atoms in total. The van der Waals surface area contributed by atoms with Crippen molar-refractivity contribution in [3.63, 3.8) is 0 Å². The fourth-order valence-corrected chi connectivity index (χ4v) is 2.29. The topological polar surface area (TPSA) is 92.3 Å². The van der Waals surface area contributed by atoms with Gasteiger partial charge in [-0.1, -0.05) is 17.7 Å². The summed E-state index contributed by atoms with van der Waals surface area (Å²) in [4.78, 5) is 31.1. The van der Waals surface area contributed by atoms with E-state index in [9.17, 15) is 14.7 Å². The Hall–Kier alpha value is -3.15. The second kappa shape index (κ2) is 8.10. The van der Waals surface area contributed by atoms with E-state index in [4.69, 9.17) is 4.74 Å². The summed E-state index contributed by atoms with van der Waals surface area (Å²) < 4.78 is 5.26. The van der Waals surface area contributed by atoms with E-state index in [1.165, 1.54) is 7.11 Å². The van der Waals surface area contributed by atoms with Gasteiger partial charge in [0.25, 0.3) is 0 Å². The highest BCUT2D eigenvalue weighted by Crippen LogP contribution is 2.18. The first kappa shape index (κ1) is 18.2. The van der Waals surface area contributed by atoms with Gasteiger partial charge in [0.05, 0.1) is 18.4 Å². The second-order valence-electron chi connectivity index (χ2n) is 5.66. The van der Waals surface area contributed by atoms with Crippen LogP contribution in [0.1, 0.15) is 41.0 Å². The minimum atomic E-state index is -1.28. The van der Waals surface area contributed by atoms with Crippen molar-refractivity contribution in [2.45, 2.75) is 20.3 Å². The molecule has 0 atom stereocenters. The van der Waals surface area contributed by atoms with Crippen molar-refractivity contribution in [2.24, 2.45) is 0 Å². The first-order valence-electron chi connectivity index (χ1n) is 7.72. The van der Waals surface area contributed by atoms with Crippen molar-refractivity contribution >= 4 is 18.1 Å². The van der Waals surface area contributed by atoms with Gasteiger partial charge in [0.1, 0.15) is 5.56 Å². The number of pyridine rings is 2. The quantitative estimate of drug-likeness (QED) is 0.788. The fourth-order valence-electron chi connectivity index (χ4n) is 2.29. The van der Waals surface area contributed by atoms with Gasteiger partial charge in [-0.3, -0.25) is 9.78 Å². The summed E-state index contributed by atoms with van der Waals surface area (Å²) in [6, 6.07) is 3.55. The number of ether oxygens (including phenoxy) is 1. The van der Waals surface area contributed by atoms with Gasteiger partial charge in [-0.25, -0.2) is 4.79 Å². The Morgan fingerprint density at radius 3 is 2.52 bits per heavy atom. The zero-order chi connectivity index (χ0) is 18.4. The molecule has 0 aliphatic rings. The number of methoxy groups -OCH3 is 1. The molecule has 0 aliphatic heterocycles. The van der Waals surface area contributed by atoms with Gasteiger partial charge in [-0.05, 0) is 44.0 Å². The predicted molar refractivity (Wildman–Crippen MR) is 96.9 cm³/mol. The lowest BCUT2D eigenvalue weighted by Crippen LogP contribution is -2.22. The van der Waals surface area contributed by atoms with Crippen molar-refractivity contribution < 1.29 is 14.6 Å². The largest absolute Gasteiger partial charge is 0.482 e. The molecule has 2 rings (SSSR count). The average molecular weight is 340 g/mol. The standard InChI is InChI=1S/C19H20N2O4/c1-12(2)4-6-14-17(22)16(19(23)24)15(21-18(14)25-3)7-5-13-8-10-20-11-9-13/h4-5,7-11H,6H2,1-3H3,(H,21,22)(H,23,24)/b7-5+. The number of nitrogens with zero attached hydrogens (tertiary/aromatic N) is 1. The number of hydrogen-bond acceptors (Lipinski definition) is 4. The molecule has 130 valence electrons. The number of rotatable bonds is 6. The monoisotopic (exact) mass is 340 g/mol. The van der Waals surface area contributed by atoms with Crippen LogP contribution >= 0.6 is 0 Å². The molecule has 0 amide bonds. The van der Waals surface area contributed by atoms with E-state index in [1.807, 2.05) is 19.9 Å². The molecular formula is C19H20N2O4. The van der Waals surface area contributed by atoms with Gasteiger partial charge in [0, 0.05) is 12.4 Å². The number of hydrogen-bond donors (Lipinski definition) is 2. The maximum atomic E-state index is 12.7. The van der Waals surface area contributed by atoms with Crippen LogP contribution in [0.2, 0.25) is 0 Å². The maximum Gasteiger partial charge on any atom is 0.341 e. The van der Waals surface area contributed by atoms with E-state index in [0.717, 1.165) is 11.1 Å². The lowest BCUT2D eigenvalue weighted by atomic mass is 10.0. The molecule has 6 heteroatoms. The van der Waals surface area contributed by atoms with Crippen molar-refractivity contribution in [3.05, 3.63) is 68.8 Å². The number of nitrogens with one attached hydrogen (secondary N) is 1. The summed E-state index contributed by atoms with van der Waals surface area (Å²) in [5.74, 6) is -1.02. The molecule has 0 aliphatic carbocycles. The third-order valence-corrected chi connectivity index (χ3v) is 3.57. The summed E-state index contributed by atoms with van der Waals surface area (Å²) in [5.41, 5.74) is 1.49. The Balaban J connectivity index is 2.58. The Morgan fingerprint density at radius 1 is 1.28 bits per heavy atom. The van der Waals surface area contributed by atoms with Gasteiger partial charge >= 0.3 is 5.97 Å². The van der Waals surface area contributed by atoms with E-state index in [0.29, 0.717) is 12.0 Å². The van der Waals surface area contributed by atoms with Gasteiger partial charge in [-0.15, -0.1) is 0 Å². The minimum Gasteiger partial charge on any atom is -0.482 e. The van der Waals surface area contributed by atoms with Crippen LogP contribution in [-0.4, -0.2) is 28.2 Å². The second-order valence-corrected chi connectivity index (χ2v) is 5.66. The molecule has 2 N–H and O–H groups in total. The van der Waals surface area contributed by atoms with Gasteiger partial charge in [0.2, 0.25) is 5.43 Å². The molecule has 0 saturated heterocycles. The van der Waals surface area contributed by atoms with Crippen LogP contribution in [0.25, 0.3) is 12.2 Å². The number of aromatic amines is 1. The number of aromatic carboxylic acids is 1. The highest BCUT2D eigenvalue weighted by atomic mass is 16.5. The summed E-state index contributed by atoms with van der Waals surface area (Å²) in [6.45, 7) is 3.81. The lowest BCUT2D eigenvalue weighted by Gasteiger charge is -2.11. The van der Waals surface area contributed by atoms with Crippen LogP contribution in [0.4, 0.5) is 0 Å². The van der Waals surface area contributed by atoms with Gasteiger partial charge < -0.3 is 14.8 Å². The maximum absolute atomic E-state index is 12.7. The molecule has 2 aromatic heterocycles. The van der Waals surface area contributed by atoms with Crippen molar-refractivity contribution in [2.75, 3.05) is 7.11 Å². The van der Waals surface area contributed by atoms with Crippen molar-refractivity contribution in [1.82, 2.24) is 9.97 Å². The number of allylic oxidation sites excluding steroid dienone is 2. The average Bonchev–Trinajstić information content (AvgIpc) is 2.58. The molecule has 0 aromatic carbocycles. The molecule has 25 heavy (non-hydrogen) atoms. The first-order valence-corrected chi connectivity index (χ1v) is 7.72. The number of H-pyrrole nitrogens is 1. The van der Waals surface area contributed by atoms with E-state index in [2.05, 4.69) is 9.97 Å². The predicted octanol–water partition coefficient (Wildman–Crippen LogP) is 3.16. The summed E-state index contributed by atoms with van der Waals surface area (Å²) >= 11 is 0. The Kier molecular flexibility index (Phi) is 5.89. The number of aromatic nitrogens is 2. The molecule has 0 saturated carbocycles. The summed E-state index contributed by atoms with van der Waals surface area (Å²) in [5, 5.41) is 9.49. The van der Waals surface area contributed by atoms with Crippen LogP contribution in [0, 0.1) is 0 Å². The van der Waals surface area contributed by atoms with Crippen LogP contribution < -0.4 is 10.2 Å². The molecule has 0 unspecified atom stereocenters. The normalized spacial score (nSPS) is 10.7. The zero-order valence-electron chi connectivity index (χ0n) is 14.4. The summed E-state index contributed by atoms with van der Waals surface area (Å²) in [7, 11) is 1.44. The Labute approximate surface area is 145 Å². The number of carboxylic acids is 1. The first-order chi connectivity index (χ1) is 11.9. The van der Waals surface area contributed by atoms with Crippen LogP contribution in [0.15, 0.2) is 41.0 Å². The van der Waals surface area contributed by atoms with Crippen molar-refractivity contribution in [3.8, 4) is 5.88 Å². The molecule has 0 spiro atoms. The molecule has 2 aromatic rings. The molecule has 0 radical (unpaired) electrons. The number of carbonyl (C=O) groups is 1. The fraction of sp³-hybridized carbons (Fsp3) is 0.211. The van der Waals surface area contributed by atoms with E-state index < -0.39 is 11.4 Å². The Bertz CT molecular complexity index is 876. The minimum absolute atomic E-state index is 0.187. The zero-order valence-corrected chi connectivity index (χ0v) is 14.4. The molecular weight excluding hydrogens is 320 g/mol. The van der Waals surface area contributed by atoms with Gasteiger partial charge in [-0.2, -0.15) is 0 Å². The molecule has 0 bridgehead atoms. The summed E-state index contributed by atoms with van der Waals surface area (Å²) in [6.07, 6.45) is 8.66. The smallest absolute Gasteiger partial charge is 0.341 e. The third kappa shape index (κ3) is 4.44. The van der Waals surface area contributed by atoms with E-state index in [1.54, 1.807) is 36.7 Å². The highest BCUT2D eigenvalue weighted by Gasteiger charge is 2.20. The molecule has 0 fully saturated rings. The third-order valence-electron chi connectivity index (χ3n) is 3.57. The number of carboxylic acid groups (broad SMARTS) is 1. The lowest BCUT2D eigenvalue weighted by molar-refractivity contribution is 0.0694. The van der Waals surface area contributed by atoms with E-state index >= 15 is 0 Å². The van der Waals surface area contributed by atoms with Crippen LogP contribution in [0.5, 0.6) is 5.88 Å². The van der Waals surface area contributed by atoms with E-state index in [-0.39, 0.29) is 17.1 Å². The Morgan fingerprint density at radius 2 is 1.96 bits per heavy atom. The molecule has 2 heterocycles. The highest BCUT2D eigenvalue weighted by molar-refractivity contribution is 5.93. The van der Waals surface area contributed by atoms with Gasteiger partial charge in [0.15, 0.2) is 5.88 Å². The van der Waals surface area contributed by atoms with Crippen LogP contribution in [-0.2, 0) is 6.42 Å².